The van der Waals surface area contributed by atoms with E-state index in [0.29, 0.717) is 18.0 Å². The fourth-order valence-electron chi connectivity index (χ4n) is 2.48. The second-order valence-corrected chi connectivity index (χ2v) is 5.64. The zero-order chi connectivity index (χ0) is 14.8. The molecule has 0 spiro atoms. The summed E-state index contributed by atoms with van der Waals surface area (Å²) in [6.45, 7) is 2.76. The Labute approximate surface area is 128 Å². The van der Waals surface area contributed by atoms with Crippen LogP contribution < -0.4 is 5.73 Å². The van der Waals surface area contributed by atoms with Crippen molar-refractivity contribution in [2.45, 2.75) is 19.9 Å². The van der Waals surface area contributed by atoms with Gasteiger partial charge in [-0.15, -0.1) is 0 Å². The Morgan fingerprint density at radius 2 is 2.10 bits per heavy atom. The lowest BCUT2D eigenvalue weighted by Crippen LogP contribution is -2.16. The van der Waals surface area contributed by atoms with Crippen LogP contribution in [-0.4, -0.2) is 19.5 Å². The molecule has 2 N–H and O–H groups in total. The van der Waals surface area contributed by atoms with Crippen molar-refractivity contribution in [1.29, 1.82) is 0 Å². The number of fused-ring (bicyclic) bond motifs is 1. The van der Waals surface area contributed by atoms with Crippen LogP contribution in [0, 0.1) is 6.92 Å². The molecule has 0 amide bonds. The Bertz CT molecular complexity index is 807. The smallest absolute Gasteiger partial charge is 0.116 e. The predicted molar refractivity (Wildman–Crippen MR) is 88.3 cm³/mol. The molecule has 21 heavy (non-hydrogen) atoms. The van der Waals surface area contributed by atoms with Gasteiger partial charge >= 0.3 is 0 Å². The summed E-state index contributed by atoms with van der Waals surface area (Å²) in [7, 11) is 0. The van der Waals surface area contributed by atoms with Gasteiger partial charge in [-0.1, -0.05) is 30.4 Å². The third-order valence-corrected chi connectivity index (χ3v) is 3.48. The molecule has 4 nitrogen and oxygen atoms in total. The molecule has 0 saturated heterocycles. The normalized spacial score (nSPS) is 10.9. The van der Waals surface area contributed by atoms with Gasteiger partial charge in [0.25, 0.3) is 0 Å². The van der Waals surface area contributed by atoms with Gasteiger partial charge in [-0.2, -0.15) is 0 Å². The van der Waals surface area contributed by atoms with Crippen molar-refractivity contribution in [2.75, 3.05) is 0 Å². The average Bonchev–Trinajstić information content (AvgIpc) is 2.76. The number of nitrogens with zero attached hydrogens (tertiary/aromatic N) is 3. The number of para-hydroxylation sites is 2. The van der Waals surface area contributed by atoms with Crippen molar-refractivity contribution in [1.82, 2.24) is 14.5 Å². The Morgan fingerprint density at radius 1 is 1.29 bits per heavy atom. The summed E-state index contributed by atoms with van der Waals surface area (Å²) in [5.74, 6) is 0.894. The summed E-state index contributed by atoms with van der Waals surface area (Å²) in [5, 5.41) is 0. The summed E-state index contributed by atoms with van der Waals surface area (Å²) in [5.41, 5.74) is 10.0. The highest BCUT2D eigenvalue weighted by Gasteiger charge is 2.11. The van der Waals surface area contributed by atoms with Crippen LogP contribution >= 0.6 is 12.2 Å². The SMILES string of the molecule is Cc1cncc(Cn2c(CC(N)=S)nc3ccccc32)c1. The number of nitrogens with two attached hydrogens (primary N) is 1. The maximum absolute atomic E-state index is 5.70. The molecular formula is C16H16N4S. The van der Waals surface area contributed by atoms with Crippen molar-refractivity contribution < 1.29 is 0 Å². The maximum atomic E-state index is 5.70. The van der Waals surface area contributed by atoms with Gasteiger partial charge in [0.15, 0.2) is 0 Å². The molecule has 3 rings (SSSR count). The van der Waals surface area contributed by atoms with E-state index in [4.69, 9.17) is 18.0 Å². The number of thiocarbonyl (C=S) groups is 1. The number of aromatic nitrogens is 3. The number of rotatable bonds is 4. The highest BCUT2D eigenvalue weighted by molar-refractivity contribution is 7.80. The molecule has 0 saturated carbocycles. The molecule has 5 heteroatoms. The number of pyridine rings is 1. The molecule has 2 heterocycles. The van der Waals surface area contributed by atoms with E-state index in [1.54, 1.807) is 0 Å². The molecule has 2 aromatic heterocycles. The van der Waals surface area contributed by atoms with Crippen LogP contribution in [0.5, 0.6) is 0 Å². The number of hydrogen-bond donors (Lipinski definition) is 1. The second-order valence-electron chi connectivity index (χ2n) is 5.12. The van der Waals surface area contributed by atoms with E-state index in [0.717, 1.165) is 28.0 Å². The van der Waals surface area contributed by atoms with Crippen LogP contribution in [-0.2, 0) is 13.0 Å². The molecule has 0 radical (unpaired) electrons. The molecule has 106 valence electrons. The first-order valence-electron chi connectivity index (χ1n) is 6.76. The van der Waals surface area contributed by atoms with Gasteiger partial charge in [0.2, 0.25) is 0 Å². The van der Waals surface area contributed by atoms with Crippen molar-refractivity contribution in [3.63, 3.8) is 0 Å². The largest absolute Gasteiger partial charge is 0.393 e. The standard InChI is InChI=1S/C16H16N4S/c1-11-6-12(9-18-8-11)10-20-14-5-3-2-4-13(14)19-16(20)7-15(17)21/h2-6,8-9H,7,10H2,1H3,(H2,17,21). The minimum Gasteiger partial charge on any atom is -0.393 e. The van der Waals surface area contributed by atoms with E-state index in [1.807, 2.05) is 37.5 Å². The van der Waals surface area contributed by atoms with Gasteiger partial charge in [-0.05, 0) is 30.2 Å². The maximum Gasteiger partial charge on any atom is 0.116 e. The highest BCUT2D eigenvalue weighted by atomic mass is 32.1. The predicted octanol–water partition coefficient (Wildman–Crippen LogP) is 2.62. The van der Waals surface area contributed by atoms with Crippen LogP contribution in [0.3, 0.4) is 0 Å². The van der Waals surface area contributed by atoms with Crippen LogP contribution in [0.1, 0.15) is 17.0 Å². The van der Waals surface area contributed by atoms with Crippen molar-refractivity contribution >= 4 is 28.2 Å². The Balaban J connectivity index is 2.08. The molecule has 0 atom stereocenters. The minimum atomic E-state index is 0.453. The van der Waals surface area contributed by atoms with E-state index < -0.39 is 0 Å². The van der Waals surface area contributed by atoms with Gasteiger partial charge < -0.3 is 10.3 Å². The van der Waals surface area contributed by atoms with E-state index in [1.165, 1.54) is 0 Å². The van der Waals surface area contributed by atoms with Crippen LogP contribution in [0.25, 0.3) is 11.0 Å². The average molecular weight is 296 g/mol. The lowest BCUT2D eigenvalue weighted by Gasteiger charge is -2.09. The first-order chi connectivity index (χ1) is 10.1. The van der Waals surface area contributed by atoms with Gasteiger partial charge in [0, 0.05) is 12.4 Å². The first kappa shape index (κ1) is 13.7. The molecule has 3 aromatic rings. The minimum absolute atomic E-state index is 0.453. The molecule has 0 aliphatic carbocycles. The lowest BCUT2D eigenvalue weighted by molar-refractivity contribution is 0.770. The molecule has 0 unspecified atom stereocenters. The number of hydrogen-bond acceptors (Lipinski definition) is 3. The lowest BCUT2D eigenvalue weighted by atomic mass is 10.2. The van der Waals surface area contributed by atoms with Crippen LogP contribution in [0.2, 0.25) is 0 Å². The second kappa shape index (κ2) is 5.61. The van der Waals surface area contributed by atoms with E-state index in [-0.39, 0.29) is 0 Å². The molecule has 0 aliphatic heterocycles. The zero-order valence-electron chi connectivity index (χ0n) is 11.8. The summed E-state index contributed by atoms with van der Waals surface area (Å²) in [4.78, 5) is 9.35. The molecule has 0 aliphatic rings. The fraction of sp³-hybridized carbons (Fsp3) is 0.188. The van der Waals surface area contributed by atoms with Gasteiger partial charge in [-0.25, -0.2) is 4.98 Å². The Kier molecular flexibility index (Phi) is 3.66. The number of imidazole rings is 1. The third-order valence-electron chi connectivity index (χ3n) is 3.34. The van der Waals surface area contributed by atoms with E-state index in [2.05, 4.69) is 26.7 Å². The topological polar surface area (TPSA) is 56.7 Å². The summed E-state index contributed by atoms with van der Waals surface area (Å²) in [6.07, 6.45) is 4.24. The fourth-order valence-corrected chi connectivity index (χ4v) is 2.61. The van der Waals surface area contributed by atoms with Crippen LogP contribution in [0.15, 0.2) is 42.7 Å². The third kappa shape index (κ3) is 2.92. The van der Waals surface area contributed by atoms with Gasteiger partial charge in [0.1, 0.15) is 5.82 Å². The van der Waals surface area contributed by atoms with E-state index >= 15 is 0 Å². The van der Waals surface area contributed by atoms with Crippen LogP contribution in [0.4, 0.5) is 0 Å². The summed E-state index contributed by atoms with van der Waals surface area (Å²) >= 11 is 5.04. The monoisotopic (exact) mass is 296 g/mol. The first-order valence-corrected chi connectivity index (χ1v) is 7.17. The molecule has 1 aromatic carbocycles. The molecule has 0 bridgehead atoms. The molecular weight excluding hydrogens is 280 g/mol. The van der Waals surface area contributed by atoms with Gasteiger partial charge in [-0.3, -0.25) is 4.98 Å². The highest BCUT2D eigenvalue weighted by Crippen LogP contribution is 2.18. The number of benzene rings is 1. The molecule has 0 fully saturated rings. The summed E-state index contributed by atoms with van der Waals surface area (Å²) in [6, 6.07) is 10.2. The zero-order valence-corrected chi connectivity index (χ0v) is 12.6. The van der Waals surface area contributed by atoms with Crippen molar-refractivity contribution in [3.05, 3.63) is 59.7 Å². The quantitative estimate of drug-likeness (QED) is 0.752. The summed E-state index contributed by atoms with van der Waals surface area (Å²) < 4.78 is 2.16. The Morgan fingerprint density at radius 3 is 2.86 bits per heavy atom. The van der Waals surface area contributed by atoms with Crippen molar-refractivity contribution in [2.24, 2.45) is 5.73 Å². The number of aryl methyl sites for hydroxylation is 1. The van der Waals surface area contributed by atoms with Crippen molar-refractivity contribution in [3.8, 4) is 0 Å². The Hall–Kier alpha value is -2.27. The van der Waals surface area contributed by atoms with E-state index in [9.17, 15) is 0 Å². The van der Waals surface area contributed by atoms with Gasteiger partial charge in [0.05, 0.1) is 29.0 Å².